The van der Waals surface area contributed by atoms with E-state index in [0.717, 1.165) is 0 Å². The van der Waals surface area contributed by atoms with Gasteiger partial charge in [0.15, 0.2) is 0 Å². The van der Waals surface area contributed by atoms with Gasteiger partial charge in [0.05, 0.1) is 18.6 Å². The van der Waals surface area contributed by atoms with Crippen molar-refractivity contribution in [3.05, 3.63) is 69.8 Å². The number of methoxy groups -OCH3 is 1. The Balaban J connectivity index is 2.17. The molecule has 0 amide bonds. The number of nitro benzene ring substituents is 1. The third-order valence-electron chi connectivity index (χ3n) is 3.54. The van der Waals surface area contributed by atoms with Crippen molar-refractivity contribution in [1.29, 1.82) is 0 Å². The summed E-state index contributed by atoms with van der Waals surface area (Å²) in [6.45, 7) is -0.371. The molecule has 0 saturated heterocycles. The second-order valence-corrected chi connectivity index (χ2v) is 5.06. The van der Waals surface area contributed by atoms with Crippen molar-refractivity contribution in [2.75, 3.05) is 13.7 Å². The van der Waals surface area contributed by atoms with Crippen LogP contribution in [0.2, 0.25) is 0 Å². The lowest BCUT2D eigenvalue weighted by Gasteiger charge is -2.17. The number of para-hydroxylation sites is 1. The molecule has 0 bridgehead atoms. The molecule has 0 aliphatic carbocycles. The summed E-state index contributed by atoms with van der Waals surface area (Å²) in [4.78, 5) is 14.4. The van der Waals surface area contributed by atoms with E-state index in [1.54, 1.807) is 19.2 Å². The summed E-state index contributed by atoms with van der Waals surface area (Å²) < 4.78 is 5.21. The smallest absolute Gasteiger partial charge is 0.269 e. The Bertz CT molecular complexity index is 715. The van der Waals surface area contributed by atoms with Crippen LogP contribution in [-0.2, 0) is 0 Å². The van der Waals surface area contributed by atoms with Gasteiger partial charge in [-0.3, -0.25) is 15.1 Å². The fourth-order valence-electron chi connectivity index (χ4n) is 2.19. The molecule has 126 valence electrons. The van der Waals surface area contributed by atoms with E-state index in [1.165, 1.54) is 30.5 Å². The second kappa shape index (κ2) is 8.19. The van der Waals surface area contributed by atoms with Gasteiger partial charge in [-0.25, -0.2) is 0 Å². The molecule has 0 saturated carbocycles. The summed E-state index contributed by atoms with van der Waals surface area (Å²) in [7, 11) is 1.54. The van der Waals surface area contributed by atoms with Crippen molar-refractivity contribution in [1.82, 2.24) is 0 Å². The van der Waals surface area contributed by atoms with E-state index in [4.69, 9.17) is 4.74 Å². The van der Waals surface area contributed by atoms with Crippen LogP contribution in [0.25, 0.3) is 0 Å². The molecule has 7 heteroatoms. The number of nitrogens with zero attached hydrogens (tertiary/aromatic N) is 2. The minimum absolute atomic E-state index is 0.0657. The van der Waals surface area contributed by atoms with Crippen molar-refractivity contribution in [3.63, 3.8) is 0 Å². The molecule has 2 aromatic carbocycles. The molecule has 0 aliphatic rings. The standard InChI is InChI=1S/C17H18N2O5/c1-24-16-5-3-2-4-13(16)10-18-15(11-20)17(21)12-6-8-14(9-7-12)19(22)23/h2-10,15,17,20-21H,11H2,1H3/t15-,17+/m0/s1. The molecule has 24 heavy (non-hydrogen) atoms. The second-order valence-electron chi connectivity index (χ2n) is 5.06. The van der Waals surface area contributed by atoms with Gasteiger partial charge in [0.25, 0.3) is 5.69 Å². The third kappa shape index (κ3) is 4.15. The van der Waals surface area contributed by atoms with Crippen LogP contribution in [0.5, 0.6) is 5.75 Å². The van der Waals surface area contributed by atoms with E-state index in [2.05, 4.69) is 4.99 Å². The van der Waals surface area contributed by atoms with Gasteiger partial charge >= 0.3 is 0 Å². The number of rotatable bonds is 7. The van der Waals surface area contributed by atoms with Gasteiger partial charge in [-0.15, -0.1) is 0 Å². The van der Waals surface area contributed by atoms with Crippen LogP contribution in [0, 0.1) is 10.1 Å². The first-order chi connectivity index (χ1) is 11.6. The van der Waals surface area contributed by atoms with E-state index < -0.39 is 17.1 Å². The zero-order chi connectivity index (χ0) is 17.5. The summed E-state index contributed by atoms with van der Waals surface area (Å²) >= 11 is 0. The average molecular weight is 330 g/mol. The number of aliphatic imine (C=N–C) groups is 1. The lowest BCUT2D eigenvalue weighted by Crippen LogP contribution is -2.21. The number of ether oxygens (including phenoxy) is 1. The van der Waals surface area contributed by atoms with Crippen molar-refractivity contribution < 1.29 is 19.9 Å². The van der Waals surface area contributed by atoms with E-state index in [0.29, 0.717) is 16.9 Å². The van der Waals surface area contributed by atoms with Crippen LogP contribution in [-0.4, -0.2) is 41.1 Å². The van der Waals surface area contributed by atoms with Gasteiger partial charge in [0.1, 0.15) is 17.9 Å². The number of benzene rings is 2. The summed E-state index contributed by atoms with van der Waals surface area (Å²) in [5, 5.41) is 30.5. The summed E-state index contributed by atoms with van der Waals surface area (Å²) in [6.07, 6.45) is 0.440. The first-order valence-corrected chi connectivity index (χ1v) is 7.26. The predicted molar refractivity (Wildman–Crippen MR) is 89.5 cm³/mol. The fourth-order valence-corrected chi connectivity index (χ4v) is 2.19. The van der Waals surface area contributed by atoms with Gasteiger partial charge in [-0.05, 0) is 29.8 Å². The lowest BCUT2D eigenvalue weighted by molar-refractivity contribution is -0.384. The van der Waals surface area contributed by atoms with Gasteiger partial charge in [0.2, 0.25) is 0 Å². The Kier molecular flexibility index (Phi) is 6.00. The Hall–Kier alpha value is -2.77. The average Bonchev–Trinajstić information content (AvgIpc) is 2.62. The monoisotopic (exact) mass is 330 g/mol. The number of nitro groups is 1. The molecule has 0 radical (unpaired) electrons. The SMILES string of the molecule is COc1ccccc1C=N[C@@H](CO)[C@H](O)c1ccc([N+](=O)[O-])cc1. The van der Waals surface area contributed by atoms with E-state index in [9.17, 15) is 20.3 Å². The van der Waals surface area contributed by atoms with E-state index in [-0.39, 0.29) is 12.3 Å². The minimum Gasteiger partial charge on any atom is -0.496 e. The topological polar surface area (TPSA) is 105 Å². The van der Waals surface area contributed by atoms with Gasteiger partial charge in [-0.1, -0.05) is 12.1 Å². The molecule has 0 aliphatic heterocycles. The Morgan fingerprint density at radius 3 is 2.50 bits per heavy atom. The van der Waals surface area contributed by atoms with Gasteiger partial charge < -0.3 is 14.9 Å². The van der Waals surface area contributed by atoms with E-state index in [1.807, 2.05) is 12.1 Å². The molecule has 0 heterocycles. The first kappa shape index (κ1) is 17.6. The van der Waals surface area contributed by atoms with E-state index >= 15 is 0 Å². The van der Waals surface area contributed by atoms with Crippen molar-refractivity contribution in [2.45, 2.75) is 12.1 Å². The highest BCUT2D eigenvalue weighted by molar-refractivity contribution is 5.83. The summed E-state index contributed by atoms with van der Waals surface area (Å²) in [6, 6.07) is 11.9. The molecule has 0 aromatic heterocycles. The largest absolute Gasteiger partial charge is 0.496 e. The van der Waals surface area contributed by atoms with Crippen LogP contribution in [0.4, 0.5) is 5.69 Å². The van der Waals surface area contributed by atoms with Crippen LogP contribution in [0.1, 0.15) is 17.2 Å². The van der Waals surface area contributed by atoms with Crippen LogP contribution >= 0.6 is 0 Å². The molecule has 2 atom stereocenters. The quantitative estimate of drug-likeness (QED) is 0.459. The number of hydrogen-bond acceptors (Lipinski definition) is 6. The zero-order valence-electron chi connectivity index (χ0n) is 13.1. The molecule has 0 spiro atoms. The predicted octanol–water partition coefficient (Wildman–Crippen LogP) is 2.12. The molecule has 2 aromatic rings. The molecule has 2 rings (SSSR count). The summed E-state index contributed by atoms with van der Waals surface area (Å²) in [5.74, 6) is 0.628. The Labute approximate surface area is 139 Å². The third-order valence-corrected chi connectivity index (χ3v) is 3.54. The Morgan fingerprint density at radius 1 is 1.25 bits per heavy atom. The number of aliphatic hydroxyl groups is 2. The molecule has 7 nitrogen and oxygen atoms in total. The molecular formula is C17H18N2O5. The fraction of sp³-hybridized carbons (Fsp3) is 0.235. The molecular weight excluding hydrogens is 312 g/mol. The molecule has 2 N–H and O–H groups in total. The maximum Gasteiger partial charge on any atom is 0.269 e. The number of hydrogen-bond donors (Lipinski definition) is 2. The maximum absolute atomic E-state index is 10.7. The van der Waals surface area contributed by atoms with Gasteiger partial charge in [0, 0.05) is 23.9 Å². The van der Waals surface area contributed by atoms with Crippen molar-refractivity contribution >= 4 is 11.9 Å². The lowest BCUT2D eigenvalue weighted by atomic mass is 10.0. The van der Waals surface area contributed by atoms with Crippen LogP contribution in [0.15, 0.2) is 53.5 Å². The van der Waals surface area contributed by atoms with Crippen LogP contribution in [0.3, 0.4) is 0 Å². The van der Waals surface area contributed by atoms with Crippen LogP contribution < -0.4 is 4.74 Å². The van der Waals surface area contributed by atoms with Crippen molar-refractivity contribution in [3.8, 4) is 5.75 Å². The minimum atomic E-state index is -1.08. The van der Waals surface area contributed by atoms with Gasteiger partial charge in [-0.2, -0.15) is 0 Å². The maximum atomic E-state index is 10.7. The number of aliphatic hydroxyl groups excluding tert-OH is 2. The summed E-state index contributed by atoms with van der Waals surface area (Å²) in [5.41, 5.74) is 1.09. The molecule has 0 unspecified atom stereocenters. The highest BCUT2D eigenvalue weighted by atomic mass is 16.6. The number of non-ortho nitro benzene ring substituents is 1. The zero-order valence-corrected chi connectivity index (χ0v) is 13.1. The Morgan fingerprint density at radius 2 is 1.92 bits per heavy atom. The first-order valence-electron chi connectivity index (χ1n) is 7.26. The molecule has 0 fully saturated rings. The highest BCUT2D eigenvalue weighted by Gasteiger charge is 2.20. The van der Waals surface area contributed by atoms with Crippen molar-refractivity contribution in [2.24, 2.45) is 4.99 Å². The highest BCUT2D eigenvalue weighted by Crippen LogP contribution is 2.22. The normalized spacial score (nSPS) is 13.6.